The molecular formula is C12H13FN2S. The van der Waals surface area contributed by atoms with Crippen molar-refractivity contribution < 1.29 is 4.39 Å². The predicted octanol–water partition coefficient (Wildman–Crippen LogP) is 3.28. The molecule has 4 heteroatoms. The van der Waals surface area contributed by atoms with Gasteiger partial charge < -0.3 is 5.73 Å². The third-order valence-electron chi connectivity index (χ3n) is 2.32. The lowest BCUT2D eigenvalue weighted by molar-refractivity contribution is 0.628. The summed E-state index contributed by atoms with van der Waals surface area (Å²) < 4.78 is 13.1. The molecule has 1 heterocycles. The van der Waals surface area contributed by atoms with Gasteiger partial charge >= 0.3 is 0 Å². The quantitative estimate of drug-likeness (QED) is 0.869. The van der Waals surface area contributed by atoms with Gasteiger partial charge in [-0.05, 0) is 26.0 Å². The minimum atomic E-state index is -0.243. The molecule has 2 aromatic rings. The molecule has 1 aromatic heterocycles. The summed E-state index contributed by atoms with van der Waals surface area (Å²) in [7, 11) is 0. The van der Waals surface area contributed by atoms with Crippen LogP contribution in [0.5, 0.6) is 0 Å². The van der Waals surface area contributed by atoms with Crippen LogP contribution in [0.25, 0.3) is 10.6 Å². The Kier molecular flexibility index (Phi) is 3.03. The number of benzene rings is 1. The first-order chi connectivity index (χ1) is 7.58. The Morgan fingerprint density at radius 1 is 1.44 bits per heavy atom. The second-order valence-electron chi connectivity index (χ2n) is 3.77. The smallest absolute Gasteiger partial charge is 0.124 e. The van der Waals surface area contributed by atoms with Crippen molar-refractivity contribution in [2.45, 2.75) is 19.9 Å². The second-order valence-corrected chi connectivity index (χ2v) is 4.80. The van der Waals surface area contributed by atoms with Gasteiger partial charge in [0.1, 0.15) is 10.8 Å². The highest BCUT2D eigenvalue weighted by molar-refractivity contribution is 7.15. The van der Waals surface area contributed by atoms with Gasteiger partial charge in [0.05, 0.1) is 5.69 Å². The van der Waals surface area contributed by atoms with Gasteiger partial charge in [-0.2, -0.15) is 0 Å². The average Bonchev–Trinajstić information content (AvgIpc) is 2.60. The van der Waals surface area contributed by atoms with E-state index in [2.05, 4.69) is 4.98 Å². The molecule has 2 nitrogen and oxygen atoms in total. The van der Waals surface area contributed by atoms with Gasteiger partial charge in [0.2, 0.25) is 0 Å². The number of hydrogen-bond donors (Lipinski definition) is 1. The summed E-state index contributed by atoms with van der Waals surface area (Å²) in [5.41, 5.74) is 7.57. The average molecular weight is 236 g/mol. The molecular weight excluding hydrogens is 223 g/mol. The van der Waals surface area contributed by atoms with Crippen molar-refractivity contribution in [1.29, 1.82) is 0 Å². The zero-order valence-electron chi connectivity index (χ0n) is 9.20. The molecule has 16 heavy (non-hydrogen) atoms. The van der Waals surface area contributed by atoms with Crippen LogP contribution in [0.2, 0.25) is 0 Å². The monoisotopic (exact) mass is 236 g/mol. The van der Waals surface area contributed by atoms with Gasteiger partial charge in [0.15, 0.2) is 0 Å². The Bertz CT molecular complexity index is 505. The van der Waals surface area contributed by atoms with Crippen molar-refractivity contribution >= 4 is 11.3 Å². The molecule has 1 atom stereocenters. The van der Waals surface area contributed by atoms with Gasteiger partial charge in [-0.15, -0.1) is 11.3 Å². The number of hydrogen-bond acceptors (Lipinski definition) is 3. The van der Waals surface area contributed by atoms with E-state index in [4.69, 9.17) is 5.73 Å². The third kappa shape index (κ3) is 2.13. The molecule has 0 aliphatic rings. The molecule has 0 saturated heterocycles. The zero-order chi connectivity index (χ0) is 11.7. The molecule has 0 saturated carbocycles. The first-order valence-electron chi connectivity index (χ1n) is 5.07. The molecule has 2 rings (SSSR count). The van der Waals surface area contributed by atoms with Crippen molar-refractivity contribution in [2.75, 3.05) is 0 Å². The van der Waals surface area contributed by atoms with Crippen LogP contribution in [0, 0.1) is 12.7 Å². The number of rotatable bonds is 2. The molecule has 0 radical (unpaired) electrons. The largest absolute Gasteiger partial charge is 0.323 e. The van der Waals surface area contributed by atoms with Gasteiger partial charge in [-0.1, -0.05) is 12.1 Å². The fourth-order valence-corrected chi connectivity index (χ4v) is 2.59. The van der Waals surface area contributed by atoms with E-state index < -0.39 is 0 Å². The number of halogens is 1. The van der Waals surface area contributed by atoms with Crippen molar-refractivity contribution in [3.63, 3.8) is 0 Å². The number of aryl methyl sites for hydroxylation is 1. The third-order valence-corrected chi connectivity index (χ3v) is 3.73. The summed E-state index contributed by atoms with van der Waals surface area (Å²) in [5.74, 6) is -0.243. The molecule has 0 amide bonds. The van der Waals surface area contributed by atoms with E-state index >= 15 is 0 Å². The van der Waals surface area contributed by atoms with Gasteiger partial charge in [-0.25, -0.2) is 9.37 Å². The van der Waals surface area contributed by atoms with Crippen molar-refractivity contribution in [3.05, 3.63) is 40.7 Å². The van der Waals surface area contributed by atoms with Crippen molar-refractivity contribution in [1.82, 2.24) is 4.98 Å². The van der Waals surface area contributed by atoms with Gasteiger partial charge in [0, 0.05) is 16.5 Å². The van der Waals surface area contributed by atoms with E-state index in [1.54, 1.807) is 6.07 Å². The molecule has 0 spiro atoms. The Hall–Kier alpha value is -1.26. The Balaban J connectivity index is 2.45. The molecule has 0 bridgehead atoms. The maximum absolute atomic E-state index is 13.1. The van der Waals surface area contributed by atoms with Crippen LogP contribution in [0.3, 0.4) is 0 Å². The van der Waals surface area contributed by atoms with Crippen LogP contribution in [0.4, 0.5) is 4.39 Å². The summed E-state index contributed by atoms with van der Waals surface area (Å²) in [6, 6.07) is 6.43. The summed E-state index contributed by atoms with van der Waals surface area (Å²) in [4.78, 5) is 5.47. The van der Waals surface area contributed by atoms with Gasteiger partial charge in [-0.3, -0.25) is 0 Å². The van der Waals surface area contributed by atoms with E-state index in [1.165, 1.54) is 23.5 Å². The maximum Gasteiger partial charge on any atom is 0.124 e. The molecule has 0 fully saturated rings. The lowest BCUT2D eigenvalue weighted by Gasteiger charge is -1.99. The first kappa shape index (κ1) is 11.2. The molecule has 0 aliphatic heterocycles. The lowest BCUT2D eigenvalue weighted by atomic mass is 10.2. The highest BCUT2D eigenvalue weighted by atomic mass is 32.1. The van der Waals surface area contributed by atoms with Crippen LogP contribution < -0.4 is 5.73 Å². The SMILES string of the molecule is Cc1nc(-c2cccc(F)c2)sc1C(C)N. The molecule has 1 unspecified atom stereocenters. The highest BCUT2D eigenvalue weighted by Crippen LogP contribution is 2.30. The lowest BCUT2D eigenvalue weighted by Crippen LogP contribution is -2.03. The summed E-state index contributed by atoms with van der Waals surface area (Å²) in [6.07, 6.45) is 0. The Labute approximate surface area is 97.9 Å². The fraction of sp³-hybridized carbons (Fsp3) is 0.250. The van der Waals surface area contributed by atoms with Crippen LogP contribution in [-0.2, 0) is 0 Å². The van der Waals surface area contributed by atoms with Crippen LogP contribution in [-0.4, -0.2) is 4.98 Å². The van der Waals surface area contributed by atoms with E-state index in [-0.39, 0.29) is 11.9 Å². The van der Waals surface area contributed by atoms with Crippen LogP contribution in [0.15, 0.2) is 24.3 Å². The van der Waals surface area contributed by atoms with Crippen molar-refractivity contribution in [2.24, 2.45) is 5.73 Å². The number of nitrogens with two attached hydrogens (primary N) is 1. The standard InChI is InChI=1S/C12H13FN2S/c1-7(14)11-8(2)15-12(16-11)9-4-3-5-10(13)6-9/h3-7H,14H2,1-2H3. The predicted molar refractivity (Wildman–Crippen MR) is 64.8 cm³/mol. The summed E-state index contributed by atoms with van der Waals surface area (Å²) in [5, 5.41) is 0.823. The van der Waals surface area contributed by atoms with E-state index in [9.17, 15) is 4.39 Å². The number of aromatic nitrogens is 1. The minimum absolute atomic E-state index is 0.0280. The van der Waals surface area contributed by atoms with E-state index in [1.807, 2.05) is 19.9 Å². The normalized spacial score (nSPS) is 12.8. The molecule has 0 aliphatic carbocycles. The Morgan fingerprint density at radius 3 is 2.75 bits per heavy atom. The topological polar surface area (TPSA) is 38.9 Å². The Morgan fingerprint density at radius 2 is 2.19 bits per heavy atom. The van der Waals surface area contributed by atoms with Crippen LogP contribution >= 0.6 is 11.3 Å². The van der Waals surface area contributed by atoms with Gasteiger partial charge in [0.25, 0.3) is 0 Å². The summed E-state index contributed by atoms with van der Waals surface area (Å²) >= 11 is 1.53. The fourth-order valence-electron chi connectivity index (χ4n) is 1.58. The molecule has 2 N–H and O–H groups in total. The highest BCUT2D eigenvalue weighted by Gasteiger charge is 2.12. The maximum atomic E-state index is 13.1. The zero-order valence-corrected chi connectivity index (χ0v) is 10.0. The molecule has 1 aromatic carbocycles. The summed E-state index contributed by atoms with van der Waals surface area (Å²) in [6.45, 7) is 3.86. The van der Waals surface area contributed by atoms with E-state index in [0.29, 0.717) is 0 Å². The first-order valence-corrected chi connectivity index (χ1v) is 5.88. The number of nitrogens with zero attached hydrogens (tertiary/aromatic N) is 1. The number of thiazole rings is 1. The van der Waals surface area contributed by atoms with E-state index in [0.717, 1.165) is 21.1 Å². The molecule has 84 valence electrons. The van der Waals surface area contributed by atoms with Crippen LogP contribution in [0.1, 0.15) is 23.5 Å². The van der Waals surface area contributed by atoms with Crippen molar-refractivity contribution in [3.8, 4) is 10.6 Å². The second kappa shape index (κ2) is 4.31. The minimum Gasteiger partial charge on any atom is -0.323 e.